The average molecular weight is 466 g/mol. The Labute approximate surface area is 179 Å². The van der Waals surface area contributed by atoms with Gasteiger partial charge in [-0.25, -0.2) is 14.4 Å². The highest BCUT2D eigenvalue weighted by Gasteiger charge is 2.43. The number of carbonyl (C=O) groups excluding carboxylic acids is 1. The Balaban J connectivity index is 1.97. The Bertz CT molecular complexity index is 934. The van der Waals surface area contributed by atoms with Crippen molar-refractivity contribution in [2.24, 2.45) is 0 Å². The monoisotopic (exact) mass is 465 g/mol. The maximum atomic E-state index is 13.6. The van der Waals surface area contributed by atoms with Crippen molar-refractivity contribution >= 4 is 29.1 Å². The molecule has 1 unspecified atom stereocenters. The molecule has 0 aliphatic heterocycles. The number of carbonyl (C=O) groups is 1. The van der Waals surface area contributed by atoms with Crippen LogP contribution in [0, 0.1) is 0 Å². The summed E-state index contributed by atoms with van der Waals surface area (Å²) in [4.78, 5) is 20.3. The minimum atomic E-state index is -4.77. The average Bonchev–Trinajstić information content (AvgIpc) is 2.67. The summed E-state index contributed by atoms with van der Waals surface area (Å²) in [6.45, 7) is 0. The van der Waals surface area contributed by atoms with E-state index in [9.17, 15) is 27.5 Å². The quantitative estimate of drug-likeness (QED) is 0.496. The van der Waals surface area contributed by atoms with Crippen LogP contribution in [0.4, 0.5) is 17.6 Å². The smallest absolute Gasteiger partial charge is 0.387 e. The molecule has 0 aromatic carbocycles. The van der Waals surface area contributed by atoms with Gasteiger partial charge in [-0.15, -0.1) is 0 Å². The van der Waals surface area contributed by atoms with Gasteiger partial charge >= 0.3 is 6.18 Å². The molecule has 2 N–H and O–H groups in total. The van der Waals surface area contributed by atoms with Gasteiger partial charge in [-0.1, -0.05) is 23.2 Å². The highest BCUT2D eigenvalue weighted by atomic mass is 35.5. The number of aromatic nitrogens is 2. The predicted octanol–water partition coefficient (Wildman–Crippen LogP) is 4.92. The number of hydrogen-bond donors (Lipinski definition) is 2. The van der Waals surface area contributed by atoms with Gasteiger partial charge in [-0.3, -0.25) is 4.79 Å². The van der Waals surface area contributed by atoms with Gasteiger partial charge in [0.2, 0.25) is 0 Å². The molecular weight excluding hydrogens is 449 g/mol. The highest BCUT2D eigenvalue weighted by Crippen LogP contribution is 2.40. The first-order valence-corrected chi connectivity index (χ1v) is 9.77. The molecular formula is C19H17Cl2F4N3O2. The maximum absolute atomic E-state index is 13.6. The van der Waals surface area contributed by atoms with Crippen LogP contribution in [-0.2, 0) is 6.18 Å². The van der Waals surface area contributed by atoms with E-state index in [0.717, 1.165) is 6.20 Å². The first-order chi connectivity index (χ1) is 14.0. The fourth-order valence-corrected chi connectivity index (χ4v) is 4.00. The van der Waals surface area contributed by atoms with E-state index in [0.29, 0.717) is 11.6 Å². The Kier molecular flexibility index (Phi) is 6.54. The van der Waals surface area contributed by atoms with Crippen molar-refractivity contribution in [1.82, 2.24) is 15.3 Å². The molecule has 3 rings (SSSR count). The number of nitrogens with one attached hydrogen (secondary N) is 1. The number of amides is 1. The largest absolute Gasteiger partial charge is 0.417 e. The third-order valence-electron chi connectivity index (χ3n) is 5.09. The highest BCUT2D eigenvalue weighted by molar-refractivity contribution is 6.34. The van der Waals surface area contributed by atoms with Crippen molar-refractivity contribution in [2.45, 2.75) is 49.7 Å². The molecule has 1 atom stereocenters. The first-order valence-electron chi connectivity index (χ1n) is 9.02. The minimum absolute atomic E-state index is 0.0306. The van der Waals surface area contributed by atoms with Crippen molar-refractivity contribution in [3.63, 3.8) is 0 Å². The van der Waals surface area contributed by atoms with Gasteiger partial charge in [0.1, 0.15) is 17.0 Å². The lowest BCUT2D eigenvalue weighted by molar-refractivity contribution is -0.137. The molecule has 30 heavy (non-hydrogen) atoms. The summed E-state index contributed by atoms with van der Waals surface area (Å²) in [6.07, 6.45) is -3.46. The molecule has 0 spiro atoms. The zero-order valence-corrected chi connectivity index (χ0v) is 16.9. The van der Waals surface area contributed by atoms with Crippen LogP contribution in [0.5, 0.6) is 0 Å². The fourth-order valence-electron chi connectivity index (χ4n) is 3.52. The molecule has 1 saturated carbocycles. The number of nitrogens with zero attached hydrogens (tertiary/aromatic N) is 2. The summed E-state index contributed by atoms with van der Waals surface area (Å²) < 4.78 is 53.0. The predicted molar refractivity (Wildman–Crippen MR) is 102 cm³/mol. The molecule has 2 heterocycles. The lowest BCUT2D eigenvalue weighted by Gasteiger charge is -2.40. The number of halogens is 6. The van der Waals surface area contributed by atoms with Crippen LogP contribution in [0.1, 0.15) is 53.3 Å². The van der Waals surface area contributed by atoms with Crippen molar-refractivity contribution in [2.75, 3.05) is 0 Å². The number of rotatable bonds is 4. The van der Waals surface area contributed by atoms with Crippen molar-refractivity contribution < 1.29 is 27.5 Å². The van der Waals surface area contributed by atoms with Gasteiger partial charge in [0, 0.05) is 12.4 Å². The summed E-state index contributed by atoms with van der Waals surface area (Å²) in [7, 11) is 0. The number of alkyl halides is 4. The van der Waals surface area contributed by atoms with E-state index in [4.69, 9.17) is 23.2 Å². The molecule has 162 valence electrons. The lowest BCUT2D eigenvalue weighted by atomic mass is 9.76. The van der Waals surface area contributed by atoms with Crippen LogP contribution >= 0.6 is 23.2 Å². The fraction of sp³-hybridized carbons (Fsp3) is 0.421. The Morgan fingerprint density at radius 1 is 1.20 bits per heavy atom. The Morgan fingerprint density at radius 3 is 2.43 bits per heavy atom. The molecule has 5 nitrogen and oxygen atoms in total. The summed E-state index contributed by atoms with van der Waals surface area (Å²) in [5, 5.41) is 12.9. The van der Waals surface area contributed by atoms with Gasteiger partial charge in [-0.2, -0.15) is 13.2 Å². The van der Waals surface area contributed by atoms with Gasteiger partial charge in [0.15, 0.2) is 0 Å². The van der Waals surface area contributed by atoms with Crippen molar-refractivity contribution in [3.05, 3.63) is 57.6 Å². The molecule has 0 radical (unpaired) electrons. The Hall–Kier alpha value is -1.97. The second kappa shape index (κ2) is 8.64. The SMILES string of the molecule is O=C(NC(c1ccnc(Cl)c1)[C@]1(O)CC[C@@H](F)CC1)c1nccc(C(F)(F)F)c1Cl. The third-order valence-corrected chi connectivity index (χ3v) is 5.68. The van der Waals surface area contributed by atoms with E-state index in [2.05, 4.69) is 15.3 Å². The number of hydrogen-bond acceptors (Lipinski definition) is 4. The molecule has 0 saturated heterocycles. The normalized spacial score (nSPS) is 23.1. The molecule has 2 aromatic heterocycles. The zero-order chi connectivity index (χ0) is 22.1. The maximum Gasteiger partial charge on any atom is 0.417 e. The summed E-state index contributed by atoms with van der Waals surface area (Å²) >= 11 is 11.7. The molecule has 0 bridgehead atoms. The van der Waals surface area contributed by atoms with E-state index >= 15 is 0 Å². The first kappa shape index (κ1) is 22.7. The number of pyridine rings is 2. The number of aliphatic hydroxyl groups is 1. The summed E-state index contributed by atoms with van der Waals surface area (Å²) in [5.74, 6) is -1.01. The van der Waals surface area contributed by atoms with Crippen LogP contribution in [0.25, 0.3) is 0 Å². The van der Waals surface area contributed by atoms with E-state index < -0.39 is 46.2 Å². The minimum Gasteiger partial charge on any atom is -0.387 e. The topological polar surface area (TPSA) is 75.1 Å². The Morgan fingerprint density at radius 2 is 1.83 bits per heavy atom. The van der Waals surface area contributed by atoms with Crippen molar-refractivity contribution in [3.8, 4) is 0 Å². The van der Waals surface area contributed by atoms with Crippen LogP contribution in [-0.4, -0.2) is 32.8 Å². The van der Waals surface area contributed by atoms with E-state index in [1.807, 2.05) is 0 Å². The van der Waals surface area contributed by atoms with Crippen LogP contribution in [0.15, 0.2) is 30.6 Å². The molecule has 11 heteroatoms. The molecule has 2 aromatic rings. The van der Waals surface area contributed by atoms with Crippen molar-refractivity contribution in [1.29, 1.82) is 0 Å². The zero-order valence-electron chi connectivity index (χ0n) is 15.4. The third kappa shape index (κ3) is 4.84. The standard InChI is InChI=1S/C19H17Cl2F4N3O2/c20-13-9-10(3-7-26-13)16(18(30)5-1-11(22)2-6-18)28-17(29)15-14(21)12(4-8-27-15)19(23,24)25/h3-4,7-9,11,16,30H,1-2,5-6H2,(H,28,29)/t11-,16?,18+. The summed E-state index contributed by atoms with van der Waals surface area (Å²) in [5.41, 5.74) is -3.02. The lowest BCUT2D eigenvalue weighted by Crippen LogP contribution is -2.48. The van der Waals surface area contributed by atoms with Gasteiger partial charge < -0.3 is 10.4 Å². The van der Waals surface area contributed by atoms with Crippen LogP contribution < -0.4 is 5.32 Å². The second-order valence-corrected chi connectivity index (χ2v) is 7.88. The molecule has 1 aliphatic carbocycles. The van der Waals surface area contributed by atoms with E-state index in [-0.39, 0.29) is 30.8 Å². The van der Waals surface area contributed by atoms with Gasteiger partial charge in [-0.05, 0) is 49.4 Å². The molecule has 1 amide bonds. The van der Waals surface area contributed by atoms with Gasteiger partial charge in [0.25, 0.3) is 5.91 Å². The summed E-state index contributed by atoms with van der Waals surface area (Å²) in [6, 6.07) is 2.48. The second-order valence-electron chi connectivity index (χ2n) is 7.12. The van der Waals surface area contributed by atoms with E-state index in [1.54, 1.807) is 0 Å². The van der Waals surface area contributed by atoms with E-state index in [1.165, 1.54) is 18.3 Å². The van der Waals surface area contributed by atoms with Gasteiger partial charge in [0.05, 0.1) is 22.2 Å². The molecule has 1 aliphatic rings. The molecule has 1 fully saturated rings. The van der Waals surface area contributed by atoms with Crippen LogP contribution in [0.2, 0.25) is 10.2 Å². The van der Waals surface area contributed by atoms with Crippen LogP contribution in [0.3, 0.4) is 0 Å².